The molecular formula is C21H22ClN5O2S. The summed E-state index contributed by atoms with van der Waals surface area (Å²) >= 11 is 7.46. The highest BCUT2D eigenvalue weighted by Crippen LogP contribution is 2.38. The van der Waals surface area contributed by atoms with Gasteiger partial charge in [-0.1, -0.05) is 48.5 Å². The third-order valence-corrected chi connectivity index (χ3v) is 6.25. The van der Waals surface area contributed by atoms with E-state index in [1.165, 1.54) is 11.8 Å². The zero-order valence-electron chi connectivity index (χ0n) is 16.6. The monoisotopic (exact) mass is 443 g/mol. The van der Waals surface area contributed by atoms with Gasteiger partial charge < -0.3 is 15.5 Å². The molecule has 0 fully saturated rings. The van der Waals surface area contributed by atoms with Gasteiger partial charge in [-0.3, -0.25) is 4.79 Å². The predicted molar refractivity (Wildman–Crippen MR) is 119 cm³/mol. The number of amides is 1. The number of halogens is 1. The molecule has 0 saturated carbocycles. The molecule has 7 nitrogen and oxygen atoms in total. The van der Waals surface area contributed by atoms with Gasteiger partial charge in [-0.05, 0) is 42.3 Å². The molecule has 0 bridgehead atoms. The van der Waals surface area contributed by atoms with Gasteiger partial charge in [-0.15, -0.1) is 10.2 Å². The second-order valence-corrected chi connectivity index (χ2v) is 8.45. The van der Waals surface area contributed by atoms with Crippen LogP contribution in [0.5, 0.6) is 5.75 Å². The lowest BCUT2D eigenvalue weighted by molar-refractivity contribution is -0.116. The lowest BCUT2D eigenvalue weighted by Gasteiger charge is -2.33. The number of nitrogens with zero attached hydrogens (tertiary/aromatic N) is 3. The quantitative estimate of drug-likeness (QED) is 0.591. The summed E-state index contributed by atoms with van der Waals surface area (Å²) in [5.74, 6) is 1.48. The molecule has 1 aromatic heterocycles. The van der Waals surface area contributed by atoms with Crippen LogP contribution in [0, 0.1) is 0 Å². The van der Waals surface area contributed by atoms with Crippen LogP contribution in [-0.2, 0) is 11.2 Å². The van der Waals surface area contributed by atoms with E-state index in [1.807, 2.05) is 35.0 Å². The highest BCUT2D eigenvalue weighted by molar-refractivity contribution is 8.00. The van der Waals surface area contributed by atoms with Crippen molar-refractivity contribution in [1.82, 2.24) is 14.9 Å². The summed E-state index contributed by atoms with van der Waals surface area (Å²) in [6, 6.07) is 14.5. The molecule has 1 amide bonds. The van der Waals surface area contributed by atoms with Crippen LogP contribution in [0.4, 0.5) is 5.69 Å². The standard InChI is InChI=1S/C21H22ClN5O2S/c1-3-5-17-24-25-21-27(17)26-18(13-8-10-16(29-2)11-9-13)19(30-21)20(28)23-15-7-4-6-14(22)12-15/h4,6-12,18-19,26H,3,5H2,1-2H3,(H,23,28)/t18-,19-/m0/s1. The molecule has 2 aromatic carbocycles. The topological polar surface area (TPSA) is 81.1 Å². The van der Waals surface area contributed by atoms with Crippen molar-refractivity contribution in [3.8, 4) is 5.75 Å². The fourth-order valence-electron chi connectivity index (χ4n) is 3.33. The Balaban J connectivity index is 1.66. The first-order chi connectivity index (χ1) is 14.6. The Kier molecular flexibility index (Phi) is 6.15. The van der Waals surface area contributed by atoms with Gasteiger partial charge in [0, 0.05) is 17.1 Å². The van der Waals surface area contributed by atoms with E-state index in [1.54, 1.807) is 25.3 Å². The number of thioether (sulfide) groups is 1. The normalized spacial score (nSPS) is 17.7. The molecule has 30 heavy (non-hydrogen) atoms. The van der Waals surface area contributed by atoms with E-state index in [9.17, 15) is 4.79 Å². The number of nitrogens with one attached hydrogen (secondary N) is 2. The number of carbonyl (C=O) groups is 1. The average Bonchev–Trinajstić information content (AvgIpc) is 3.15. The minimum atomic E-state index is -0.455. The van der Waals surface area contributed by atoms with E-state index in [4.69, 9.17) is 16.3 Å². The lowest BCUT2D eigenvalue weighted by Crippen LogP contribution is -2.41. The summed E-state index contributed by atoms with van der Waals surface area (Å²) in [6.07, 6.45) is 1.76. The lowest BCUT2D eigenvalue weighted by atomic mass is 10.0. The van der Waals surface area contributed by atoms with Crippen LogP contribution in [-0.4, -0.2) is 33.1 Å². The molecule has 1 aliphatic rings. The van der Waals surface area contributed by atoms with Crippen LogP contribution in [0.2, 0.25) is 5.02 Å². The van der Waals surface area contributed by atoms with Crippen molar-refractivity contribution in [2.75, 3.05) is 17.9 Å². The van der Waals surface area contributed by atoms with Crippen LogP contribution in [0.25, 0.3) is 0 Å². The molecule has 2 heterocycles. The molecule has 2 N–H and O–H groups in total. The zero-order valence-corrected chi connectivity index (χ0v) is 18.2. The molecule has 0 spiro atoms. The molecule has 9 heteroatoms. The first kappa shape index (κ1) is 20.6. The van der Waals surface area contributed by atoms with Gasteiger partial charge >= 0.3 is 0 Å². The maximum Gasteiger partial charge on any atom is 0.240 e. The van der Waals surface area contributed by atoms with E-state index in [0.29, 0.717) is 15.9 Å². The number of aromatic nitrogens is 3. The Morgan fingerprint density at radius 1 is 1.27 bits per heavy atom. The number of carbonyl (C=O) groups excluding carboxylic acids is 1. The van der Waals surface area contributed by atoms with Crippen molar-refractivity contribution in [2.45, 2.75) is 36.2 Å². The number of rotatable bonds is 6. The summed E-state index contributed by atoms with van der Waals surface area (Å²) in [5, 5.41) is 12.3. The van der Waals surface area contributed by atoms with Crippen LogP contribution >= 0.6 is 23.4 Å². The van der Waals surface area contributed by atoms with Crippen LogP contribution in [0.15, 0.2) is 53.7 Å². The molecule has 4 rings (SSSR count). The second kappa shape index (κ2) is 8.97. The summed E-state index contributed by atoms with van der Waals surface area (Å²) in [6.45, 7) is 2.10. The van der Waals surface area contributed by atoms with Crippen LogP contribution < -0.4 is 15.5 Å². The fraction of sp³-hybridized carbons (Fsp3) is 0.286. The van der Waals surface area contributed by atoms with E-state index >= 15 is 0 Å². The maximum absolute atomic E-state index is 13.2. The molecule has 0 unspecified atom stereocenters. The van der Waals surface area contributed by atoms with Crippen molar-refractivity contribution >= 4 is 35.0 Å². The number of anilines is 1. The largest absolute Gasteiger partial charge is 0.497 e. The number of methoxy groups -OCH3 is 1. The Morgan fingerprint density at radius 2 is 2.07 bits per heavy atom. The Morgan fingerprint density at radius 3 is 2.77 bits per heavy atom. The smallest absolute Gasteiger partial charge is 0.240 e. The molecule has 3 aromatic rings. The number of aryl methyl sites for hydroxylation is 1. The molecule has 156 valence electrons. The molecule has 0 saturated heterocycles. The maximum atomic E-state index is 13.2. The van der Waals surface area contributed by atoms with Crippen molar-refractivity contribution in [3.63, 3.8) is 0 Å². The third-order valence-electron chi connectivity index (χ3n) is 4.80. The first-order valence-corrected chi connectivity index (χ1v) is 10.9. The number of hydrogen-bond donors (Lipinski definition) is 2. The number of hydrogen-bond acceptors (Lipinski definition) is 6. The van der Waals surface area contributed by atoms with Crippen molar-refractivity contribution in [2.24, 2.45) is 0 Å². The van der Waals surface area contributed by atoms with Gasteiger partial charge in [0.15, 0.2) is 5.82 Å². The van der Waals surface area contributed by atoms with Crippen molar-refractivity contribution in [3.05, 3.63) is 64.9 Å². The summed E-state index contributed by atoms with van der Waals surface area (Å²) < 4.78 is 7.17. The van der Waals surface area contributed by atoms with Crippen LogP contribution in [0.3, 0.4) is 0 Å². The highest BCUT2D eigenvalue weighted by Gasteiger charge is 2.37. The van der Waals surface area contributed by atoms with Crippen molar-refractivity contribution in [1.29, 1.82) is 0 Å². The Bertz CT molecular complexity index is 1040. The van der Waals surface area contributed by atoms with E-state index in [0.717, 1.165) is 30.0 Å². The summed E-state index contributed by atoms with van der Waals surface area (Å²) in [4.78, 5) is 13.2. The van der Waals surface area contributed by atoms with Gasteiger partial charge in [-0.25, -0.2) is 4.68 Å². The number of benzene rings is 2. The van der Waals surface area contributed by atoms with Gasteiger partial charge in [-0.2, -0.15) is 0 Å². The summed E-state index contributed by atoms with van der Waals surface area (Å²) in [5.41, 5.74) is 5.08. The molecule has 0 radical (unpaired) electrons. The molecular weight excluding hydrogens is 422 g/mol. The zero-order chi connectivity index (χ0) is 21.1. The SMILES string of the molecule is CCCc1nnc2n1N[C@@H](c1ccc(OC)cc1)[C@@H](C(=O)Nc1cccc(Cl)c1)S2. The average molecular weight is 444 g/mol. The molecule has 0 aliphatic carbocycles. The predicted octanol–water partition coefficient (Wildman–Crippen LogP) is 4.29. The van der Waals surface area contributed by atoms with Crippen LogP contribution in [0.1, 0.15) is 30.8 Å². The second-order valence-electron chi connectivity index (χ2n) is 6.90. The van der Waals surface area contributed by atoms with E-state index in [2.05, 4.69) is 27.9 Å². The van der Waals surface area contributed by atoms with Gasteiger partial charge in [0.2, 0.25) is 11.1 Å². The summed E-state index contributed by atoms with van der Waals surface area (Å²) in [7, 11) is 1.63. The molecule has 2 atom stereocenters. The van der Waals surface area contributed by atoms with Gasteiger partial charge in [0.05, 0.1) is 13.2 Å². The van der Waals surface area contributed by atoms with Crippen molar-refractivity contribution < 1.29 is 9.53 Å². The number of ether oxygens (including phenoxy) is 1. The van der Waals surface area contributed by atoms with E-state index < -0.39 is 5.25 Å². The fourth-order valence-corrected chi connectivity index (χ4v) is 4.61. The Labute approximate surface area is 184 Å². The third kappa shape index (κ3) is 4.24. The van der Waals surface area contributed by atoms with E-state index in [-0.39, 0.29) is 11.9 Å². The minimum Gasteiger partial charge on any atom is -0.497 e. The van der Waals surface area contributed by atoms with Gasteiger partial charge in [0.25, 0.3) is 0 Å². The minimum absolute atomic E-state index is 0.137. The highest BCUT2D eigenvalue weighted by atomic mass is 35.5. The molecule has 1 aliphatic heterocycles. The Hall–Kier alpha value is -2.71. The first-order valence-electron chi connectivity index (χ1n) is 9.67. The van der Waals surface area contributed by atoms with Gasteiger partial charge in [0.1, 0.15) is 11.0 Å². The number of fused-ring (bicyclic) bond motifs is 1.